The average Bonchev–Trinajstić information content (AvgIpc) is 3.14. The molecule has 0 unspecified atom stereocenters. The van der Waals surface area contributed by atoms with Crippen molar-refractivity contribution in [1.82, 2.24) is 10.2 Å². The largest absolute Gasteiger partial charge is 0.314 e. The van der Waals surface area contributed by atoms with E-state index in [4.69, 9.17) is 0 Å². The van der Waals surface area contributed by atoms with Gasteiger partial charge in [-0.25, -0.2) is 0 Å². The highest BCUT2D eigenvalue weighted by Crippen LogP contribution is 2.18. The molecule has 0 aromatic rings. The van der Waals surface area contributed by atoms with Crippen LogP contribution in [0.5, 0.6) is 0 Å². The van der Waals surface area contributed by atoms with Gasteiger partial charge in [0.15, 0.2) is 0 Å². The lowest BCUT2D eigenvalue weighted by Crippen LogP contribution is -2.29. The van der Waals surface area contributed by atoms with Gasteiger partial charge in [0.05, 0.1) is 0 Å². The average molecular weight is 268 g/mol. The first kappa shape index (κ1) is 17.0. The van der Waals surface area contributed by atoms with Gasteiger partial charge in [0.2, 0.25) is 0 Å². The van der Waals surface area contributed by atoms with E-state index in [1.165, 1.54) is 64.7 Å². The van der Waals surface area contributed by atoms with E-state index < -0.39 is 0 Å². The first-order valence-corrected chi connectivity index (χ1v) is 8.53. The van der Waals surface area contributed by atoms with Crippen molar-refractivity contribution in [2.45, 2.75) is 72.3 Å². The predicted molar refractivity (Wildman–Crippen MR) is 85.6 cm³/mol. The molecule has 1 rings (SSSR count). The van der Waals surface area contributed by atoms with Crippen LogP contribution in [0, 0.1) is 11.8 Å². The second-order valence-electron chi connectivity index (χ2n) is 7.14. The molecule has 114 valence electrons. The Bertz CT molecular complexity index is 197. The highest BCUT2D eigenvalue weighted by atomic mass is 15.1. The fourth-order valence-corrected chi connectivity index (χ4v) is 2.27. The molecule has 0 aliphatic heterocycles. The number of hydrogen-bond donors (Lipinski definition) is 1. The molecular weight excluding hydrogens is 232 g/mol. The number of unbranched alkanes of at least 4 members (excludes halogenated alkanes) is 1. The summed E-state index contributed by atoms with van der Waals surface area (Å²) in [6.45, 7) is 14.4. The minimum Gasteiger partial charge on any atom is -0.314 e. The zero-order valence-electron chi connectivity index (χ0n) is 13.8. The SMILES string of the molecule is CC(C)CCN(CCCCNC1CC1)CCC(C)C. The van der Waals surface area contributed by atoms with Gasteiger partial charge < -0.3 is 10.2 Å². The van der Waals surface area contributed by atoms with Gasteiger partial charge in [-0.3, -0.25) is 0 Å². The predicted octanol–water partition coefficient (Wildman–Crippen LogP) is 3.91. The van der Waals surface area contributed by atoms with Crippen LogP contribution in [-0.4, -0.2) is 37.1 Å². The maximum Gasteiger partial charge on any atom is 0.00682 e. The Labute approximate surface area is 121 Å². The fraction of sp³-hybridized carbons (Fsp3) is 1.00. The van der Waals surface area contributed by atoms with Gasteiger partial charge >= 0.3 is 0 Å². The fourth-order valence-electron chi connectivity index (χ4n) is 2.27. The van der Waals surface area contributed by atoms with Crippen molar-refractivity contribution in [2.24, 2.45) is 11.8 Å². The van der Waals surface area contributed by atoms with E-state index in [2.05, 4.69) is 37.9 Å². The van der Waals surface area contributed by atoms with Crippen molar-refractivity contribution < 1.29 is 0 Å². The minimum atomic E-state index is 0.832. The number of nitrogens with one attached hydrogen (secondary N) is 1. The summed E-state index contributed by atoms with van der Waals surface area (Å²) < 4.78 is 0. The van der Waals surface area contributed by atoms with Crippen LogP contribution in [0.25, 0.3) is 0 Å². The number of rotatable bonds is 12. The molecule has 0 aromatic carbocycles. The summed E-state index contributed by atoms with van der Waals surface area (Å²) in [6.07, 6.45) is 8.22. The molecule has 0 aromatic heterocycles. The van der Waals surface area contributed by atoms with Crippen LogP contribution < -0.4 is 5.32 Å². The van der Waals surface area contributed by atoms with Crippen molar-refractivity contribution in [1.29, 1.82) is 0 Å². The van der Waals surface area contributed by atoms with Crippen LogP contribution in [0.3, 0.4) is 0 Å². The maximum atomic E-state index is 3.61. The summed E-state index contributed by atoms with van der Waals surface area (Å²) in [5.41, 5.74) is 0. The van der Waals surface area contributed by atoms with Gasteiger partial charge in [-0.05, 0) is 76.5 Å². The molecule has 0 atom stereocenters. The van der Waals surface area contributed by atoms with Gasteiger partial charge in [-0.15, -0.1) is 0 Å². The molecule has 1 N–H and O–H groups in total. The maximum absolute atomic E-state index is 3.61. The summed E-state index contributed by atoms with van der Waals surface area (Å²) in [6, 6.07) is 0.873. The lowest BCUT2D eigenvalue weighted by molar-refractivity contribution is 0.239. The Hall–Kier alpha value is -0.0800. The Morgan fingerprint density at radius 1 is 0.895 bits per heavy atom. The first-order chi connectivity index (χ1) is 9.08. The van der Waals surface area contributed by atoms with Crippen LogP contribution in [0.1, 0.15) is 66.2 Å². The second-order valence-corrected chi connectivity index (χ2v) is 7.14. The summed E-state index contributed by atoms with van der Waals surface area (Å²) in [4.78, 5) is 2.69. The standard InChI is InChI=1S/C17H36N2/c1-15(2)9-13-19(14-10-16(3)4)12-6-5-11-18-17-7-8-17/h15-18H,5-14H2,1-4H3. The van der Waals surface area contributed by atoms with Crippen molar-refractivity contribution in [2.75, 3.05) is 26.2 Å². The van der Waals surface area contributed by atoms with E-state index in [1.54, 1.807) is 0 Å². The molecule has 0 spiro atoms. The molecule has 2 heteroatoms. The lowest BCUT2D eigenvalue weighted by Gasteiger charge is -2.24. The highest BCUT2D eigenvalue weighted by Gasteiger charge is 2.19. The van der Waals surface area contributed by atoms with E-state index in [0.717, 1.165) is 17.9 Å². The van der Waals surface area contributed by atoms with Gasteiger partial charge in [0.1, 0.15) is 0 Å². The van der Waals surface area contributed by atoms with Crippen LogP contribution in [0.4, 0.5) is 0 Å². The quantitative estimate of drug-likeness (QED) is 0.540. The molecule has 1 saturated carbocycles. The Kier molecular flexibility index (Phi) is 8.72. The summed E-state index contributed by atoms with van der Waals surface area (Å²) in [5.74, 6) is 1.66. The van der Waals surface area contributed by atoms with Crippen molar-refractivity contribution in [3.8, 4) is 0 Å². The molecule has 0 heterocycles. The smallest absolute Gasteiger partial charge is 0.00682 e. The number of nitrogens with zero attached hydrogens (tertiary/aromatic N) is 1. The Morgan fingerprint density at radius 2 is 1.47 bits per heavy atom. The zero-order chi connectivity index (χ0) is 14.1. The molecule has 2 nitrogen and oxygen atoms in total. The van der Waals surface area contributed by atoms with Gasteiger partial charge in [0.25, 0.3) is 0 Å². The molecule has 19 heavy (non-hydrogen) atoms. The van der Waals surface area contributed by atoms with Crippen molar-refractivity contribution in [3.63, 3.8) is 0 Å². The van der Waals surface area contributed by atoms with Crippen LogP contribution in [0.2, 0.25) is 0 Å². The topological polar surface area (TPSA) is 15.3 Å². The molecule has 0 bridgehead atoms. The summed E-state index contributed by atoms with van der Waals surface area (Å²) >= 11 is 0. The van der Waals surface area contributed by atoms with E-state index in [1.807, 2.05) is 0 Å². The van der Waals surface area contributed by atoms with E-state index >= 15 is 0 Å². The van der Waals surface area contributed by atoms with Gasteiger partial charge in [-0.2, -0.15) is 0 Å². The van der Waals surface area contributed by atoms with Crippen LogP contribution in [0.15, 0.2) is 0 Å². The molecule has 1 fully saturated rings. The van der Waals surface area contributed by atoms with E-state index in [0.29, 0.717) is 0 Å². The summed E-state index contributed by atoms with van der Waals surface area (Å²) in [5, 5.41) is 3.61. The van der Waals surface area contributed by atoms with Crippen LogP contribution in [-0.2, 0) is 0 Å². The lowest BCUT2D eigenvalue weighted by atomic mass is 10.1. The molecule has 0 amide bonds. The third-order valence-electron chi connectivity index (χ3n) is 3.96. The molecule has 0 saturated heterocycles. The number of hydrogen-bond acceptors (Lipinski definition) is 2. The van der Waals surface area contributed by atoms with Crippen molar-refractivity contribution >= 4 is 0 Å². The third kappa shape index (κ3) is 10.4. The second kappa shape index (κ2) is 9.77. The highest BCUT2D eigenvalue weighted by molar-refractivity contribution is 4.80. The molecule has 1 aliphatic carbocycles. The Morgan fingerprint density at radius 3 is 1.95 bits per heavy atom. The van der Waals surface area contributed by atoms with Crippen LogP contribution >= 0.6 is 0 Å². The van der Waals surface area contributed by atoms with Crippen molar-refractivity contribution in [3.05, 3.63) is 0 Å². The summed E-state index contributed by atoms with van der Waals surface area (Å²) in [7, 11) is 0. The van der Waals surface area contributed by atoms with Gasteiger partial charge in [0, 0.05) is 6.04 Å². The molecular formula is C17H36N2. The Balaban J connectivity index is 2.06. The van der Waals surface area contributed by atoms with E-state index in [-0.39, 0.29) is 0 Å². The first-order valence-electron chi connectivity index (χ1n) is 8.53. The molecule has 0 radical (unpaired) electrons. The van der Waals surface area contributed by atoms with Gasteiger partial charge in [-0.1, -0.05) is 27.7 Å². The minimum absolute atomic E-state index is 0.832. The molecule has 1 aliphatic rings. The third-order valence-corrected chi connectivity index (χ3v) is 3.96. The monoisotopic (exact) mass is 268 g/mol. The normalized spacial score (nSPS) is 15.9. The van der Waals surface area contributed by atoms with E-state index in [9.17, 15) is 0 Å². The zero-order valence-corrected chi connectivity index (χ0v) is 13.8.